The van der Waals surface area contributed by atoms with Gasteiger partial charge in [0.2, 0.25) is 0 Å². The molecule has 1 heterocycles. The molecule has 1 aromatic carbocycles. The molecule has 2 N–H and O–H groups in total. The fourth-order valence-corrected chi connectivity index (χ4v) is 1.62. The minimum atomic E-state index is -0.264. The van der Waals surface area contributed by atoms with Crippen LogP contribution in [0.2, 0.25) is 0 Å². The van der Waals surface area contributed by atoms with Crippen LogP contribution in [0.4, 0.5) is 4.79 Å². The Balaban J connectivity index is 1.77. The first-order chi connectivity index (χ1) is 9.24. The number of rotatable bonds is 4. The molecule has 2 aromatic rings. The van der Waals surface area contributed by atoms with Crippen molar-refractivity contribution in [2.75, 3.05) is 0 Å². The quantitative estimate of drug-likeness (QED) is 0.883. The minimum absolute atomic E-state index is 0.264. The Morgan fingerprint density at radius 3 is 2.95 bits per heavy atom. The van der Waals surface area contributed by atoms with Crippen LogP contribution in [-0.2, 0) is 6.54 Å². The summed E-state index contributed by atoms with van der Waals surface area (Å²) in [5.74, 6) is 0.720. The summed E-state index contributed by atoms with van der Waals surface area (Å²) < 4.78 is 5.11. The van der Waals surface area contributed by atoms with Crippen LogP contribution >= 0.6 is 0 Å². The summed E-state index contributed by atoms with van der Waals surface area (Å²) >= 11 is 0. The Labute approximate surface area is 112 Å². The number of nitrogens with one attached hydrogen (secondary N) is 2. The summed E-state index contributed by atoms with van der Waals surface area (Å²) in [4.78, 5) is 11.5. The molecule has 2 rings (SSSR count). The molecule has 0 atom stereocenters. The average Bonchev–Trinajstić information content (AvgIpc) is 2.89. The molecule has 19 heavy (non-hydrogen) atoms. The molecule has 0 saturated carbocycles. The van der Waals surface area contributed by atoms with Crippen molar-refractivity contribution in [1.82, 2.24) is 10.6 Å². The van der Waals surface area contributed by atoms with Gasteiger partial charge in [0, 0.05) is 6.20 Å². The SMILES string of the molecule is Cc1cccc(/C=C/NC(=O)NCc2ccco2)c1. The Kier molecular flexibility index (Phi) is 4.39. The monoisotopic (exact) mass is 256 g/mol. The van der Waals surface area contributed by atoms with Crippen molar-refractivity contribution >= 4 is 12.1 Å². The van der Waals surface area contributed by atoms with Gasteiger partial charge >= 0.3 is 6.03 Å². The van der Waals surface area contributed by atoms with Crippen LogP contribution in [0.1, 0.15) is 16.9 Å². The number of hydrogen-bond donors (Lipinski definition) is 2. The van der Waals surface area contributed by atoms with Crippen LogP contribution in [0.5, 0.6) is 0 Å². The van der Waals surface area contributed by atoms with Crippen molar-refractivity contribution < 1.29 is 9.21 Å². The predicted octanol–water partition coefficient (Wildman–Crippen LogP) is 3.06. The molecule has 0 aliphatic carbocycles. The Morgan fingerprint density at radius 2 is 2.21 bits per heavy atom. The van der Waals surface area contributed by atoms with Gasteiger partial charge in [-0.25, -0.2) is 4.79 Å². The van der Waals surface area contributed by atoms with Gasteiger partial charge in [-0.05, 0) is 30.7 Å². The second-order valence-corrected chi connectivity index (χ2v) is 4.15. The Hall–Kier alpha value is -2.49. The predicted molar refractivity (Wildman–Crippen MR) is 74.3 cm³/mol. The number of carbonyl (C=O) groups excluding carboxylic acids is 1. The number of amides is 2. The van der Waals surface area contributed by atoms with E-state index in [1.807, 2.05) is 43.3 Å². The van der Waals surface area contributed by atoms with Gasteiger partial charge in [0.1, 0.15) is 5.76 Å². The molecule has 1 aromatic heterocycles. The summed E-state index contributed by atoms with van der Waals surface area (Å²) in [5, 5.41) is 5.33. The highest BCUT2D eigenvalue weighted by molar-refractivity contribution is 5.75. The van der Waals surface area contributed by atoms with E-state index < -0.39 is 0 Å². The van der Waals surface area contributed by atoms with Gasteiger partial charge in [-0.3, -0.25) is 0 Å². The maximum absolute atomic E-state index is 11.5. The van der Waals surface area contributed by atoms with Crippen molar-refractivity contribution in [3.63, 3.8) is 0 Å². The van der Waals surface area contributed by atoms with Crippen LogP contribution in [0, 0.1) is 6.92 Å². The maximum Gasteiger partial charge on any atom is 0.319 e. The summed E-state index contributed by atoms with van der Waals surface area (Å²) in [6.45, 7) is 2.40. The lowest BCUT2D eigenvalue weighted by Crippen LogP contribution is -2.31. The number of benzene rings is 1. The number of urea groups is 1. The molecule has 0 spiro atoms. The molecule has 0 aliphatic heterocycles. The maximum atomic E-state index is 11.5. The van der Waals surface area contributed by atoms with E-state index in [2.05, 4.69) is 10.6 Å². The van der Waals surface area contributed by atoms with Crippen molar-refractivity contribution in [2.45, 2.75) is 13.5 Å². The third kappa shape index (κ3) is 4.35. The van der Waals surface area contributed by atoms with Gasteiger partial charge in [0.05, 0.1) is 12.8 Å². The average molecular weight is 256 g/mol. The van der Waals surface area contributed by atoms with Crippen LogP contribution in [0.3, 0.4) is 0 Å². The van der Waals surface area contributed by atoms with Gasteiger partial charge < -0.3 is 15.1 Å². The van der Waals surface area contributed by atoms with E-state index in [0.29, 0.717) is 6.54 Å². The zero-order chi connectivity index (χ0) is 13.5. The largest absolute Gasteiger partial charge is 0.467 e. The highest BCUT2D eigenvalue weighted by Gasteiger charge is 1.99. The summed E-state index contributed by atoms with van der Waals surface area (Å²) in [6, 6.07) is 11.4. The zero-order valence-electron chi connectivity index (χ0n) is 10.7. The number of carbonyl (C=O) groups is 1. The van der Waals surface area contributed by atoms with E-state index in [-0.39, 0.29) is 6.03 Å². The van der Waals surface area contributed by atoms with Crippen LogP contribution in [0.15, 0.2) is 53.3 Å². The third-order valence-electron chi connectivity index (χ3n) is 2.54. The second kappa shape index (κ2) is 6.44. The summed E-state index contributed by atoms with van der Waals surface area (Å²) in [6.07, 6.45) is 5.04. The highest BCUT2D eigenvalue weighted by atomic mass is 16.3. The van der Waals surface area contributed by atoms with Crippen molar-refractivity contribution in [1.29, 1.82) is 0 Å². The first-order valence-electron chi connectivity index (χ1n) is 6.04. The fraction of sp³-hybridized carbons (Fsp3) is 0.133. The van der Waals surface area contributed by atoms with Crippen molar-refractivity contribution in [3.8, 4) is 0 Å². The van der Waals surface area contributed by atoms with Gasteiger partial charge in [-0.15, -0.1) is 0 Å². The van der Waals surface area contributed by atoms with Crippen LogP contribution in [0.25, 0.3) is 6.08 Å². The molecule has 0 unspecified atom stereocenters. The molecule has 0 fully saturated rings. The molecule has 4 nitrogen and oxygen atoms in total. The number of hydrogen-bond acceptors (Lipinski definition) is 2. The smallest absolute Gasteiger partial charge is 0.319 e. The lowest BCUT2D eigenvalue weighted by Gasteiger charge is -2.02. The van der Waals surface area contributed by atoms with E-state index in [4.69, 9.17) is 4.42 Å². The number of furan rings is 1. The molecular weight excluding hydrogens is 240 g/mol. The second-order valence-electron chi connectivity index (χ2n) is 4.15. The lowest BCUT2D eigenvalue weighted by atomic mass is 10.1. The van der Waals surface area contributed by atoms with E-state index in [1.165, 1.54) is 5.56 Å². The van der Waals surface area contributed by atoms with Crippen molar-refractivity contribution in [2.24, 2.45) is 0 Å². The summed E-state index contributed by atoms with van der Waals surface area (Å²) in [5.41, 5.74) is 2.23. The molecule has 0 saturated heterocycles. The van der Waals surface area contributed by atoms with Crippen molar-refractivity contribution in [3.05, 3.63) is 65.7 Å². The molecule has 0 radical (unpaired) electrons. The van der Waals surface area contributed by atoms with E-state index >= 15 is 0 Å². The van der Waals surface area contributed by atoms with Gasteiger partial charge in [-0.2, -0.15) is 0 Å². The van der Waals surface area contributed by atoms with E-state index in [0.717, 1.165) is 11.3 Å². The van der Waals surface area contributed by atoms with E-state index in [9.17, 15) is 4.79 Å². The molecule has 2 amide bonds. The topological polar surface area (TPSA) is 54.3 Å². The number of aryl methyl sites for hydroxylation is 1. The fourth-order valence-electron chi connectivity index (χ4n) is 1.62. The molecule has 0 aliphatic rings. The normalized spacial score (nSPS) is 10.6. The zero-order valence-corrected chi connectivity index (χ0v) is 10.7. The third-order valence-corrected chi connectivity index (χ3v) is 2.54. The van der Waals surface area contributed by atoms with Crippen LogP contribution in [-0.4, -0.2) is 6.03 Å². The van der Waals surface area contributed by atoms with Gasteiger partial charge in [0.25, 0.3) is 0 Å². The Bertz CT molecular complexity index is 559. The first kappa shape index (κ1) is 13.0. The lowest BCUT2D eigenvalue weighted by molar-refractivity contribution is 0.243. The molecule has 98 valence electrons. The molecule has 4 heteroatoms. The minimum Gasteiger partial charge on any atom is -0.467 e. The van der Waals surface area contributed by atoms with Crippen LogP contribution < -0.4 is 10.6 Å². The highest BCUT2D eigenvalue weighted by Crippen LogP contribution is 2.05. The first-order valence-corrected chi connectivity index (χ1v) is 6.04. The van der Waals surface area contributed by atoms with E-state index in [1.54, 1.807) is 18.5 Å². The molecular formula is C15H16N2O2. The standard InChI is InChI=1S/C15H16N2O2/c1-12-4-2-5-13(10-12)7-8-16-15(18)17-11-14-6-3-9-19-14/h2-10H,11H2,1H3,(H2,16,17,18)/b8-7+. The van der Waals surface area contributed by atoms with Gasteiger partial charge in [0.15, 0.2) is 0 Å². The molecule has 0 bridgehead atoms. The summed E-state index contributed by atoms with van der Waals surface area (Å²) in [7, 11) is 0. The van der Waals surface area contributed by atoms with Gasteiger partial charge in [-0.1, -0.05) is 29.8 Å². The Morgan fingerprint density at radius 1 is 1.32 bits per heavy atom.